The molecule has 2 atom stereocenters. The van der Waals surface area contributed by atoms with E-state index >= 15 is 0 Å². The first kappa shape index (κ1) is 14.4. The minimum absolute atomic E-state index is 0.109. The zero-order valence-corrected chi connectivity index (χ0v) is 12.5. The van der Waals surface area contributed by atoms with Crippen molar-refractivity contribution in [3.8, 4) is 0 Å². The maximum absolute atomic E-state index is 6.25. The molecule has 3 nitrogen and oxygen atoms in total. The maximum Gasteiger partial charge on any atom is 0.0805 e. The van der Waals surface area contributed by atoms with Crippen LogP contribution in [-0.4, -0.2) is 24.8 Å². The van der Waals surface area contributed by atoms with Gasteiger partial charge in [0.05, 0.1) is 11.7 Å². The summed E-state index contributed by atoms with van der Waals surface area (Å²) in [6.07, 6.45) is 1.20. The van der Waals surface area contributed by atoms with Crippen LogP contribution < -0.4 is 10.6 Å². The smallest absolute Gasteiger partial charge is 0.0805 e. The standard InChI is InChI=1S/C16H26N2O/c1-5-14(17)13-8-6-7-9-15(13)18-10-12(2)19-16(3,4)11-18/h6-9,12,14H,5,10-11,17H2,1-4H3/t12?,14-/m0/s1. The predicted octanol–water partition coefficient (Wildman–Crippen LogP) is 3.10. The fourth-order valence-corrected chi connectivity index (χ4v) is 2.95. The molecule has 19 heavy (non-hydrogen) atoms. The van der Waals surface area contributed by atoms with E-state index in [1.165, 1.54) is 11.3 Å². The summed E-state index contributed by atoms with van der Waals surface area (Å²) in [4.78, 5) is 2.42. The molecule has 1 aliphatic heterocycles. The number of rotatable bonds is 3. The summed E-state index contributed by atoms with van der Waals surface area (Å²) in [6, 6.07) is 8.60. The number of para-hydroxylation sites is 1. The van der Waals surface area contributed by atoms with E-state index in [9.17, 15) is 0 Å². The Morgan fingerprint density at radius 3 is 2.74 bits per heavy atom. The second-order valence-corrected chi connectivity index (χ2v) is 6.14. The third kappa shape index (κ3) is 3.28. The summed E-state index contributed by atoms with van der Waals surface area (Å²) in [5.74, 6) is 0. The summed E-state index contributed by atoms with van der Waals surface area (Å²) in [5.41, 5.74) is 8.65. The van der Waals surface area contributed by atoms with Crippen LogP contribution in [0.2, 0.25) is 0 Å². The molecule has 0 spiro atoms. The number of hydrogen-bond donors (Lipinski definition) is 1. The SMILES string of the molecule is CC[C@H](N)c1ccccc1N1CC(C)OC(C)(C)C1. The molecule has 0 amide bonds. The number of morpholine rings is 1. The molecule has 1 saturated heterocycles. The zero-order chi connectivity index (χ0) is 14.0. The Morgan fingerprint density at radius 1 is 1.42 bits per heavy atom. The van der Waals surface area contributed by atoms with E-state index in [-0.39, 0.29) is 17.7 Å². The van der Waals surface area contributed by atoms with Crippen molar-refractivity contribution < 1.29 is 4.74 Å². The van der Waals surface area contributed by atoms with Gasteiger partial charge in [0.2, 0.25) is 0 Å². The Bertz CT molecular complexity index is 431. The molecule has 1 aromatic carbocycles. The average molecular weight is 262 g/mol. The van der Waals surface area contributed by atoms with Gasteiger partial charge in [-0.3, -0.25) is 0 Å². The normalized spacial score (nSPS) is 24.3. The number of nitrogens with zero attached hydrogens (tertiary/aromatic N) is 1. The quantitative estimate of drug-likeness (QED) is 0.909. The second-order valence-electron chi connectivity index (χ2n) is 6.14. The third-order valence-electron chi connectivity index (χ3n) is 3.69. The van der Waals surface area contributed by atoms with E-state index in [4.69, 9.17) is 10.5 Å². The first-order valence-electron chi connectivity index (χ1n) is 7.20. The van der Waals surface area contributed by atoms with Crippen molar-refractivity contribution in [1.29, 1.82) is 0 Å². The minimum atomic E-state index is -0.110. The van der Waals surface area contributed by atoms with Crippen LogP contribution in [0, 0.1) is 0 Å². The van der Waals surface area contributed by atoms with Gasteiger partial charge in [-0.1, -0.05) is 25.1 Å². The highest BCUT2D eigenvalue weighted by Gasteiger charge is 2.32. The Balaban J connectivity index is 2.31. The molecule has 0 saturated carbocycles. The number of ether oxygens (including phenoxy) is 1. The van der Waals surface area contributed by atoms with E-state index in [0.29, 0.717) is 0 Å². The van der Waals surface area contributed by atoms with Crippen LogP contribution in [-0.2, 0) is 4.74 Å². The molecule has 0 aromatic heterocycles. The highest BCUT2D eigenvalue weighted by Crippen LogP contribution is 2.31. The van der Waals surface area contributed by atoms with Crippen molar-refractivity contribution in [2.45, 2.75) is 51.9 Å². The Morgan fingerprint density at radius 2 is 2.11 bits per heavy atom. The predicted molar refractivity (Wildman–Crippen MR) is 80.5 cm³/mol. The van der Waals surface area contributed by atoms with Gasteiger partial charge in [-0.2, -0.15) is 0 Å². The first-order valence-corrected chi connectivity index (χ1v) is 7.20. The van der Waals surface area contributed by atoms with Gasteiger partial charge in [-0.15, -0.1) is 0 Å². The van der Waals surface area contributed by atoms with Crippen LogP contribution in [0.3, 0.4) is 0 Å². The minimum Gasteiger partial charge on any atom is -0.369 e. The zero-order valence-electron chi connectivity index (χ0n) is 12.5. The summed E-state index contributed by atoms with van der Waals surface area (Å²) in [6.45, 7) is 10.4. The topological polar surface area (TPSA) is 38.5 Å². The molecule has 0 radical (unpaired) electrons. The van der Waals surface area contributed by atoms with Gasteiger partial charge >= 0.3 is 0 Å². The summed E-state index contributed by atoms with van der Waals surface area (Å²) in [7, 11) is 0. The van der Waals surface area contributed by atoms with Crippen molar-refractivity contribution in [3.05, 3.63) is 29.8 Å². The fraction of sp³-hybridized carbons (Fsp3) is 0.625. The number of hydrogen-bond acceptors (Lipinski definition) is 3. The molecular weight excluding hydrogens is 236 g/mol. The third-order valence-corrected chi connectivity index (χ3v) is 3.69. The van der Waals surface area contributed by atoms with Crippen LogP contribution in [0.25, 0.3) is 0 Å². The lowest BCUT2D eigenvalue weighted by atomic mass is 9.99. The van der Waals surface area contributed by atoms with E-state index in [2.05, 4.69) is 56.9 Å². The number of benzene rings is 1. The summed E-state index contributed by atoms with van der Waals surface area (Å²) >= 11 is 0. The van der Waals surface area contributed by atoms with Gasteiger partial charge in [0.25, 0.3) is 0 Å². The molecule has 0 aliphatic carbocycles. The van der Waals surface area contributed by atoms with Crippen molar-refractivity contribution in [2.24, 2.45) is 5.73 Å². The first-order chi connectivity index (χ1) is 8.93. The molecule has 2 rings (SSSR count). The lowest BCUT2D eigenvalue weighted by molar-refractivity contribution is -0.0750. The van der Waals surface area contributed by atoms with Gasteiger partial charge in [0.15, 0.2) is 0 Å². The van der Waals surface area contributed by atoms with Gasteiger partial charge in [-0.05, 0) is 38.8 Å². The van der Waals surface area contributed by atoms with Gasteiger partial charge in [0, 0.05) is 24.8 Å². The maximum atomic E-state index is 6.25. The molecule has 1 fully saturated rings. The van der Waals surface area contributed by atoms with E-state index in [0.717, 1.165) is 19.5 Å². The van der Waals surface area contributed by atoms with Crippen molar-refractivity contribution in [3.63, 3.8) is 0 Å². The summed E-state index contributed by atoms with van der Waals surface area (Å²) < 4.78 is 5.98. The van der Waals surface area contributed by atoms with Gasteiger partial charge in [0.1, 0.15) is 0 Å². The van der Waals surface area contributed by atoms with Crippen LogP contribution in [0.5, 0.6) is 0 Å². The van der Waals surface area contributed by atoms with Crippen molar-refractivity contribution in [2.75, 3.05) is 18.0 Å². The molecule has 1 aromatic rings. The molecule has 1 aliphatic rings. The van der Waals surface area contributed by atoms with Crippen molar-refractivity contribution in [1.82, 2.24) is 0 Å². The number of anilines is 1. The molecular formula is C16H26N2O. The van der Waals surface area contributed by atoms with Crippen LogP contribution >= 0.6 is 0 Å². The second kappa shape index (κ2) is 5.51. The largest absolute Gasteiger partial charge is 0.369 e. The van der Waals surface area contributed by atoms with E-state index < -0.39 is 0 Å². The van der Waals surface area contributed by atoms with E-state index in [1.807, 2.05) is 0 Å². The highest BCUT2D eigenvalue weighted by atomic mass is 16.5. The lowest BCUT2D eigenvalue weighted by Crippen LogP contribution is -2.52. The highest BCUT2D eigenvalue weighted by molar-refractivity contribution is 5.55. The van der Waals surface area contributed by atoms with Crippen LogP contribution in [0.15, 0.2) is 24.3 Å². The van der Waals surface area contributed by atoms with Gasteiger partial charge < -0.3 is 15.4 Å². The monoisotopic (exact) mass is 262 g/mol. The Labute approximate surface area is 116 Å². The molecule has 0 bridgehead atoms. The molecule has 106 valence electrons. The van der Waals surface area contributed by atoms with Crippen LogP contribution in [0.4, 0.5) is 5.69 Å². The summed E-state index contributed by atoms with van der Waals surface area (Å²) in [5, 5.41) is 0. The fourth-order valence-electron chi connectivity index (χ4n) is 2.95. The van der Waals surface area contributed by atoms with Gasteiger partial charge in [-0.25, -0.2) is 0 Å². The number of nitrogens with two attached hydrogens (primary N) is 1. The molecule has 2 N–H and O–H groups in total. The van der Waals surface area contributed by atoms with Crippen molar-refractivity contribution >= 4 is 5.69 Å². The Hall–Kier alpha value is -1.06. The lowest BCUT2D eigenvalue weighted by Gasteiger charge is -2.43. The molecule has 1 heterocycles. The molecule has 1 unspecified atom stereocenters. The Kier molecular flexibility index (Phi) is 4.16. The molecule has 3 heteroatoms. The van der Waals surface area contributed by atoms with Crippen LogP contribution in [0.1, 0.15) is 45.7 Å². The average Bonchev–Trinajstić information content (AvgIpc) is 2.35. The van der Waals surface area contributed by atoms with E-state index in [1.54, 1.807) is 0 Å².